The van der Waals surface area contributed by atoms with Crippen LogP contribution in [0.25, 0.3) is 0 Å². The molecule has 0 bridgehead atoms. The Morgan fingerprint density at radius 3 is 2.79 bits per heavy atom. The molecule has 0 aromatic heterocycles. The number of piperidine rings is 1. The van der Waals surface area contributed by atoms with Crippen molar-refractivity contribution in [3.63, 3.8) is 0 Å². The van der Waals surface area contributed by atoms with Crippen LogP contribution in [0.15, 0.2) is 24.3 Å². The average Bonchev–Trinajstić information content (AvgIpc) is 2.54. The first-order valence-corrected chi connectivity index (χ1v) is 8.59. The van der Waals surface area contributed by atoms with Crippen LogP contribution in [-0.4, -0.2) is 36.6 Å². The van der Waals surface area contributed by atoms with Crippen LogP contribution in [0.3, 0.4) is 0 Å². The van der Waals surface area contributed by atoms with Crippen LogP contribution in [-0.2, 0) is 11.2 Å². The highest BCUT2D eigenvalue weighted by atomic mass is 19.4. The highest BCUT2D eigenvalue weighted by molar-refractivity contribution is 5.78. The van der Waals surface area contributed by atoms with E-state index in [0.717, 1.165) is 24.8 Å². The summed E-state index contributed by atoms with van der Waals surface area (Å²) in [5.74, 6) is -1.49. The normalized spacial score (nSPS) is 25.1. The average molecular weight is 340 g/mol. The van der Waals surface area contributed by atoms with Gasteiger partial charge in [0.15, 0.2) is 0 Å². The number of nitrogens with zero attached hydrogens (tertiary/aromatic N) is 1. The maximum Gasteiger partial charge on any atom is 0.393 e. The third-order valence-electron chi connectivity index (χ3n) is 5.04. The molecular weight excluding hydrogens is 317 g/mol. The van der Waals surface area contributed by atoms with Crippen molar-refractivity contribution < 1.29 is 18.0 Å². The number of alkyl halides is 3. The molecule has 0 spiro atoms. The monoisotopic (exact) mass is 340 g/mol. The van der Waals surface area contributed by atoms with E-state index in [1.54, 1.807) is 4.90 Å². The standard InChI is InChI=1S/C18H23F3N2O/c19-18(20,21)14-7-4-10-23(11-14)12-17(24)22-16-9-3-6-13-5-1-2-8-15(13)16/h1-2,5,8,14,16H,3-4,6-7,9-12H2,(H,22,24)/t14-,16+/m0/s1. The van der Waals surface area contributed by atoms with Crippen molar-refractivity contribution in [1.29, 1.82) is 0 Å². The lowest BCUT2D eigenvalue weighted by atomic mass is 9.88. The van der Waals surface area contributed by atoms with Gasteiger partial charge in [-0.1, -0.05) is 24.3 Å². The van der Waals surface area contributed by atoms with Crippen molar-refractivity contribution in [1.82, 2.24) is 10.2 Å². The number of halogens is 3. The van der Waals surface area contributed by atoms with Gasteiger partial charge in [0.2, 0.25) is 5.91 Å². The highest BCUT2D eigenvalue weighted by Crippen LogP contribution is 2.33. The summed E-state index contributed by atoms with van der Waals surface area (Å²) in [6, 6.07) is 8.04. The van der Waals surface area contributed by atoms with Crippen LogP contribution >= 0.6 is 0 Å². The lowest BCUT2D eigenvalue weighted by Crippen LogP contribution is -2.46. The second kappa shape index (κ2) is 7.13. The van der Waals surface area contributed by atoms with E-state index < -0.39 is 12.1 Å². The van der Waals surface area contributed by atoms with Gasteiger partial charge < -0.3 is 5.32 Å². The number of carbonyl (C=O) groups excluding carboxylic acids is 1. The minimum Gasteiger partial charge on any atom is -0.348 e. The van der Waals surface area contributed by atoms with E-state index in [-0.39, 0.29) is 31.5 Å². The highest BCUT2D eigenvalue weighted by Gasteiger charge is 2.42. The summed E-state index contributed by atoms with van der Waals surface area (Å²) in [6.07, 6.45) is -0.601. The number of likely N-dealkylation sites (tertiary alicyclic amines) is 1. The Morgan fingerprint density at radius 1 is 1.21 bits per heavy atom. The van der Waals surface area contributed by atoms with Crippen molar-refractivity contribution in [3.05, 3.63) is 35.4 Å². The van der Waals surface area contributed by atoms with Crippen LogP contribution in [0.4, 0.5) is 13.2 Å². The Morgan fingerprint density at radius 2 is 2.00 bits per heavy atom. The maximum atomic E-state index is 12.9. The first kappa shape index (κ1) is 17.3. The molecule has 1 amide bonds. The fourth-order valence-electron chi connectivity index (χ4n) is 3.81. The molecule has 1 heterocycles. The molecule has 6 heteroatoms. The zero-order valence-corrected chi connectivity index (χ0v) is 13.6. The summed E-state index contributed by atoms with van der Waals surface area (Å²) in [5, 5.41) is 3.01. The smallest absolute Gasteiger partial charge is 0.348 e. The zero-order valence-electron chi connectivity index (χ0n) is 13.6. The van der Waals surface area contributed by atoms with Gasteiger partial charge in [-0.2, -0.15) is 13.2 Å². The van der Waals surface area contributed by atoms with E-state index in [9.17, 15) is 18.0 Å². The largest absolute Gasteiger partial charge is 0.393 e. The molecule has 3 nitrogen and oxygen atoms in total. The molecule has 0 saturated carbocycles. The Bertz CT molecular complexity index is 588. The maximum absolute atomic E-state index is 12.9. The van der Waals surface area contributed by atoms with Crippen LogP contribution in [0.1, 0.15) is 42.9 Å². The third-order valence-corrected chi connectivity index (χ3v) is 5.04. The number of hydrogen-bond donors (Lipinski definition) is 1. The van der Waals surface area contributed by atoms with Gasteiger partial charge in [0.25, 0.3) is 0 Å². The molecule has 24 heavy (non-hydrogen) atoms. The summed E-state index contributed by atoms with van der Waals surface area (Å²) in [7, 11) is 0. The fraction of sp³-hybridized carbons (Fsp3) is 0.611. The van der Waals surface area contributed by atoms with E-state index in [1.165, 1.54) is 5.56 Å². The lowest BCUT2D eigenvalue weighted by Gasteiger charge is -2.34. The number of hydrogen-bond acceptors (Lipinski definition) is 2. The van der Waals surface area contributed by atoms with Crippen LogP contribution in [0, 0.1) is 5.92 Å². The molecule has 1 fully saturated rings. The van der Waals surface area contributed by atoms with E-state index in [1.807, 2.05) is 18.2 Å². The van der Waals surface area contributed by atoms with Crippen molar-refractivity contribution in [2.24, 2.45) is 5.92 Å². The van der Waals surface area contributed by atoms with Crippen molar-refractivity contribution >= 4 is 5.91 Å². The SMILES string of the molecule is O=C(CN1CCC[C@H](C(F)(F)F)C1)N[C@@H]1CCCc2ccccc21. The molecule has 1 aliphatic heterocycles. The lowest BCUT2D eigenvalue weighted by molar-refractivity contribution is -0.187. The summed E-state index contributed by atoms with van der Waals surface area (Å²) in [6.45, 7) is 0.532. The Hall–Kier alpha value is -1.56. The summed E-state index contributed by atoms with van der Waals surface area (Å²) in [4.78, 5) is 13.9. The molecule has 132 valence electrons. The molecule has 0 unspecified atom stereocenters. The van der Waals surface area contributed by atoms with E-state index >= 15 is 0 Å². The van der Waals surface area contributed by atoms with Gasteiger partial charge in [-0.15, -0.1) is 0 Å². The fourth-order valence-corrected chi connectivity index (χ4v) is 3.81. The van der Waals surface area contributed by atoms with E-state index in [0.29, 0.717) is 13.0 Å². The zero-order chi connectivity index (χ0) is 17.2. The molecule has 2 atom stereocenters. The summed E-state index contributed by atoms with van der Waals surface area (Å²) < 4.78 is 38.6. The number of rotatable bonds is 3. The van der Waals surface area contributed by atoms with E-state index in [4.69, 9.17) is 0 Å². The second-order valence-electron chi connectivity index (χ2n) is 6.83. The number of benzene rings is 1. The van der Waals surface area contributed by atoms with Crippen molar-refractivity contribution in [2.75, 3.05) is 19.6 Å². The van der Waals surface area contributed by atoms with Gasteiger partial charge >= 0.3 is 6.18 Å². The van der Waals surface area contributed by atoms with Gasteiger partial charge in [-0.05, 0) is 49.8 Å². The molecule has 1 aliphatic carbocycles. The number of aryl methyl sites for hydroxylation is 1. The molecule has 1 aromatic rings. The quantitative estimate of drug-likeness (QED) is 0.914. The molecule has 1 aromatic carbocycles. The second-order valence-corrected chi connectivity index (χ2v) is 6.83. The third kappa shape index (κ3) is 4.09. The number of amides is 1. The first-order chi connectivity index (χ1) is 11.4. The van der Waals surface area contributed by atoms with Crippen LogP contribution in [0.2, 0.25) is 0 Å². The number of nitrogens with one attached hydrogen (secondary N) is 1. The Balaban J connectivity index is 1.57. The molecule has 3 rings (SSSR count). The summed E-state index contributed by atoms with van der Waals surface area (Å²) in [5.41, 5.74) is 2.40. The van der Waals surface area contributed by atoms with Gasteiger partial charge in [0.1, 0.15) is 0 Å². The topological polar surface area (TPSA) is 32.3 Å². The predicted molar refractivity (Wildman–Crippen MR) is 85.5 cm³/mol. The predicted octanol–water partition coefficient (Wildman–Crippen LogP) is 3.45. The van der Waals surface area contributed by atoms with E-state index in [2.05, 4.69) is 11.4 Å². The molecule has 1 N–H and O–H groups in total. The Kier molecular flexibility index (Phi) is 5.13. The molecular formula is C18H23F3N2O. The van der Waals surface area contributed by atoms with Gasteiger partial charge in [0.05, 0.1) is 18.5 Å². The number of fused-ring (bicyclic) bond motifs is 1. The van der Waals surface area contributed by atoms with Crippen LogP contribution in [0.5, 0.6) is 0 Å². The minimum absolute atomic E-state index is 0.0225. The molecule has 2 aliphatic rings. The molecule has 1 saturated heterocycles. The minimum atomic E-state index is -4.17. The summed E-state index contributed by atoms with van der Waals surface area (Å²) >= 11 is 0. The van der Waals surface area contributed by atoms with Gasteiger partial charge in [-0.25, -0.2) is 0 Å². The number of carbonyl (C=O) groups is 1. The van der Waals surface area contributed by atoms with Crippen molar-refractivity contribution in [3.8, 4) is 0 Å². The first-order valence-electron chi connectivity index (χ1n) is 8.59. The molecule has 0 radical (unpaired) electrons. The van der Waals surface area contributed by atoms with Crippen LogP contribution < -0.4 is 5.32 Å². The Labute approximate surface area is 140 Å². The van der Waals surface area contributed by atoms with Crippen molar-refractivity contribution in [2.45, 2.75) is 44.3 Å². The van der Waals surface area contributed by atoms with Gasteiger partial charge in [0, 0.05) is 6.54 Å². The van der Waals surface area contributed by atoms with Gasteiger partial charge in [-0.3, -0.25) is 9.69 Å².